The van der Waals surface area contributed by atoms with E-state index in [1.807, 2.05) is 6.07 Å². The van der Waals surface area contributed by atoms with Crippen molar-refractivity contribution in [3.05, 3.63) is 70.8 Å². The fourth-order valence-corrected chi connectivity index (χ4v) is 9.07. The van der Waals surface area contributed by atoms with Crippen molar-refractivity contribution in [3.8, 4) is 11.8 Å². The van der Waals surface area contributed by atoms with E-state index in [1.54, 1.807) is 30.6 Å². The highest BCUT2D eigenvalue weighted by atomic mass is 35.5. The number of aromatic nitrogens is 3. The zero-order valence-corrected chi connectivity index (χ0v) is 32.5. The molecule has 0 atom stereocenters. The molecule has 6 rings (SSSR count). The van der Waals surface area contributed by atoms with Crippen LogP contribution in [0, 0.1) is 17.2 Å². The number of benzene rings is 1. The van der Waals surface area contributed by atoms with Crippen molar-refractivity contribution in [2.75, 3.05) is 75.0 Å². The standard InChI is InChI=1S/C38H46ClF3N8O5S/c39-34-21-33(7-4-29(34)22-43)55-32-5-2-28(3-6-32)37(51)47-35-25-46-36(26-45-35)49-14-12-48(13-15-49)16-18-54-17-1-19-56(52,53)50-10-8-27(9-11-50)30-20-31(24-44-23-30)38(40,41)42/h4,7,20-21,23-28,32H,1-3,5-6,8-19H2,(H,45,47,51). The molecule has 0 spiro atoms. The summed E-state index contributed by atoms with van der Waals surface area (Å²) >= 11 is 6.12. The van der Waals surface area contributed by atoms with Crippen LogP contribution in [-0.4, -0.2) is 109 Å². The summed E-state index contributed by atoms with van der Waals surface area (Å²) < 4.78 is 78.3. The van der Waals surface area contributed by atoms with Gasteiger partial charge in [0.1, 0.15) is 17.6 Å². The maximum Gasteiger partial charge on any atom is 0.417 e. The van der Waals surface area contributed by atoms with Gasteiger partial charge >= 0.3 is 6.18 Å². The van der Waals surface area contributed by atoms with Crippen molar-refractivity contribution in [3.63, 3.8) is 0 Å². The van der Waals surface area contributed by atoms with E-state index in [9.17, 15) is 26.4 Å². The monoisotopic (exact) mass is 818 g/mol. The minimum atomic E-state index is -4.47. The molecule has 0 unspecified atom stereocenters. The number of piperazine rings is 1. The average Bonchev–Trinajstić information content (AvgIpc) is 3.20. The number of carbonyl (C=O) groups excluding carboxylic acids is 1. The van der Waals surface area contributed by atoms with E-state index in [2.05, 4.69) is 30.1 Å². The summed E-state index contributed by atoms with van der Waals surface area (Å²) in [5.41, 5.74) is 0.0971. The molecule has 3 aromatic rings. The molecule has 56 heavy (non-hydrogen) atoms. The largest absolute Gasteiger partial charge is 0.490 e. The highest BCUT2D eigenvalue weighted by Crippen LogP contribution is 2.34. The van der Waals surface area contributed by atoms with Gasteiger partial charge in [-0.1, -0.05) is 11.6 Å². The molecular formula is C38H46ClF3N8O5S. The normalized spacial score (nSPS) is 20.4. The van der Waals surface area contributed by atoms with Crippen molar-refractivity contribution >= 4 is 39.2 Å². The Morgan fingerprint density at radius 2 is 1.70 bits per heavy atom. The summed E-state index contributed by atoms with van der Waals surface area (Å²) in [6.07, 6.45) is 5.06. The van der Waals surface area contributed by atoms with Crippen molar-refractivity contribution in [2.24, 2.45) is 5.92 Å². The lowest BCUT2D eigenvalue weighted by molar-refractivity contribution is -0.137. The van der Waals surface area contributed by atoms with Crippen molar-refractivity contribution < 1.29 is 35.9 Å². The quantitative estimate of drug-likeness (QED) is 0.199. The Labute approximate surface area is 330 Å². The topological polar surface area (TPSA) is 154 Å². The van der Waals surface area contributed by atoms with Crippen LogP contribution in [0.1, 0.15) is 67.6 Å². The van der Waals surface area contributed by atoms with E-state index >= 15 is 0 Å². The number of alkyl halides is 3. The Hall–Kier alpha value is -4.08. The lowest BCUT2D eigenvalue weighted by atomic mass is 9.86. The smallest absolute Gasteiger partial charge is 0.417 e. The van der Waals surface area contributed by atoms with Crippen LogP contribution >= 0.6 is 11.6 Å². The number of nitrogens with zero attached hydrogens (tertiary/aromatic N) is 7. The predicted molar refractivity (Wildman–Crippen MR) is 204 cm³/mol. The third-order valence-electron chi connectivity index (χ3n) is 10.6. The highest BCUT2D eigenvalue weighted by molar-refractivity contribution is 7.89. The second-order valence-electron chi connectivity index (χ2n) is 14.4. The third-order valence-corrected chi connectivity index (χ3v) is 12.9. The lowest BCUT2D eigenvalue weighted by Crippen LogP contribution is -2.47. The van der Waals surface area contributed by atoms with Gasteiger partial charge in [0.15, 0.2) is 5.82 Å². The maximum absolute atomic E-state index is 13.1. The van der Waals surface area contributed by atoms with Crippen LogP contribution < -0.4 is 15.0 Å². The first-order valence-corrected chi connectivity index (χ1v) is 20.9. The van der Waals surface area contributed by atoms with Gasteiger partial charge in [-0.25, -0.2) is 22.7 Å². The van der Waals surface area contributed by atoms with Gasteiger partial charge in [-0.2, -0.15) is 18.4 Å². The molecule has 1 aromatic carbocycles. The number of pyridine rings is 1. The molecule has 1 saturated carbocycles. The van der Waals surface area contributed by atoms with Crippen molar-refractivity contribution in [1.29, 1.82) is 5.26 Å². The second kappa shape index (κ2) is 18.9. The van der Waals surface area contributed by atoms with Crippen LogP contribution in [0.25, 0.3) is 0 Å². The Bertz CT molecular complexity index is 1930. The number of hydrogen-bond donors (Lipinski definition) is 1. The summed E-state index contributed by atoms with van der Waals surface area (Å²) in [5.74, 6) is 1.31. The van der Waals surface area contributed by atoms with E-state index in [1.165, 1.54) is 10.5 Å². The average molecular weight is 819 g/mol. The fraction of sp³-hybridized carbons (Fsp3) is 0.553. The molecule has 4 heterocycles. The summed E-state index contributed by atoms with van der Waals surface area (Å²) in [5, 5.41) is 12.3. The summed E-state index contributed by atoms with van der Waals surface area (Å²) in [4.78, 5) is 30.1. The van der Waals surface area contributed by atoms with E-state index in [-0.39, 0.29) is 42.7 Å². The Morgan fingerprint density at radius 1 is 0.946 bits per heavy atom. The van der Waals surface area contributed by atoms with Gasteiger partial charge in [-0.15, -0.1) is 0 Å². The molecule has 18 heteroatoms. The molecule has 2 aliphatic heterocycles. The molecule has 3 fully saturated rings. The van der Waals surface area contributed by atoms with E-state index < -0.39 is 21.8 Å². The molecule has 0 bridgehead atoms. The van der Waals surface area contributed by atoms with Crippen molar-refractivity contribution in [1.82, 2.24) is 24.2 Å². The first-order valence-electron chi connectivity index (χ1n) is 18.9. The van der Waals surface area contributed by atoms with Gasteiger partial charge in [0, 0.05) is 76.8 Å². The van der Waals surface area contributed by atoms with E-state index in [0.29, 0.717) is 79.6 Å². The Balaban J connectivity index is 0.822. The maximum atomic E-state index is 13.1. The number of nitrogens with one attached hydrogen (secondary N) is 1. The number of rotatable bonds is 14. The number of ether oxygens (including phenoxy) is 2. The molecule has 13 nitrogen and oxygen atoms in total. The van der Waals surface area contributed by atoms with Gasteiger partial charge in [-0.05, 0) is 74.6 Å². The van der Waals surface area contributed by atoms with Crippen molar-refractivity contribution in [2.45, 2.75) is 63.1 Å². The number of halogens is 4. The zero-order chi connectivity index (χ0) is 39.7. The van der Waals surface area contributed by atoms with E-state index in [0.717, 1.165) is 57.1 Å². The van der Waals surface area contributed by atoms with Gasteiger partial charge in [-0.3, -0.25) is 14.7 Å². The second-order valence-corrected chi connectivity index (χ2v) is 16.9. The molecule has 0 radical (unpaired) electrons. The van der Waals surface area contributed by atoms with Gasteiger partial charge in [0.05, 0.1) is 47.0 Å². The summed E-state index contributed by atoms with van der Waals surface area (Å²) in [6.45, 7) is 5.14. The SMILES string of the molecule is N#Cc1ccc(OC2CCC(C(=O)Nc3cnc(N4CCN(CCOCCCS(=O)(=O)N5CCC(c6cncc(C(F)(F)F)c6)CC5)CC4)cn3)CC2)cc1Cl. The van der Waals surface area contributed by atoms with Gasteiger partial charge in [0.25, 0.3) is 0 Å². The number of anilines is 2. The molecule has 1 aliphatic carbocycles. The first-order chi connectivity index (χ1) is 26.9. The first kappa shape index (κ1) is 41.6. The number of sulfonamides is 1. The summed E-state index contributed by atoms with van der Waals surface area (Å²) in [6, 6.07) is 8.16. The molecular weight excluding hydrogens is 773 g/mol. The van der Waals surface area contributed by atoms with Crippen LogP contribution in [0.5, 0.6) is 5.75 Å². The minimum absolute atomic E-state index is 0.0271. The van der Waals surface area contributed by atoms with Crippen LogP contribution in [-0.2, 0) is 25.7 Å². The number of piperidine rings is 1. The number of nitriles is 1. The lowest BCUT2D eigenvalue weighted by Gasteiger charge is -2.35. The van der Waals surface area contributed by atoms with Crippen LogP contribution in [0.4, 0.5) is 24.8 Å². The Morgan fingerprint density at radius 3 is 2.36 bits per heavy atom. The van der Waals surface area contributed by atoms with Gasteiger partial charge < -0.3 is 19.7 Å². The van der Waals surface area contributed by atoms with Crippen LogP contribution in [0.3, 0.4) is 0 Å². The number of hydrogen-bond acceptors (Lipinski definition) is 11. The zero-order valence-electron chi connectivity index (χ0n) is 31.0. The Kier molecular flexibility index (Phi) is 14.0. The fourth-order valence-electron chi connectivity index (χ4n) is 7.34. The third kappa shape index (κ3) is 11.3. The molecule has 3 aliphatic rings. The molecule has 2 saturated heterocycles. The molecule has 1 amide bonds. The van der Waals surface area contributed by atoms with Crippen LogP contribution in [0.2, 0.25) is 5.02 Å². The van der Waals surface area contributed by atoms with E-state index in [4.69, 9.17) is 26.3 Å². The number of carbonyl (C=O) groups is 1. The molecule has 1 N–H and O–H groups in total. The minimum Gasteiger partial charge on any atom is -0.490 e. The molecule has 2 aromatic heterocycles. The predicted octanol–water partition coefficient (Wildman–Crippen LogP) is 5.73. The van der Waals surface area contributed by atoms with Gasteiger partial charge in [0.2, 0.25) is 15.9 Å². The summed E-state index contributed by atoms with van der Waals surface area (Å²) in [7, 11) is -3.49. The molecule has 302 valence electrons. The van der Waals surface area contributed by atoms with Crippen LogP contribution in [0.15, 0.2) is 49.1 Å². The number of amides is 1. The highest BCUT2D eigenvalue weighted by Gasteiger charge is 2.33.